The molecule has 0 aromatic heterocycles. The van der Waals surface area contributed by atoms with Gasteiger partial charge in [0.1, 0.15) is 0 Å². The molecule has 1 aliphatic rings. The summed E-state index contributed by atoms with van der Waals surface area (Å²) in [5.74, 6) is 0. The van der Waals surface area contributed by atoms with Crippen LogP contribution >= 0.6 is 12.2 Å². The number of hydrogen-bond acceptors (Lipinski definition) is 4. The molecule has 0 aliphatic carbocycles. The van der Waals surface area contributed by atoms with Gasteiger partial charge in [-0.15, -0.1) is 0 Å². The molecule has 1 fully saturated rings. The first-order valence-corrected chi connectivity index (χ1v) is 7.24. The number of benzene rings is 1. The fourth-order valence-electron chi connectivity index (χ4n) is 2.06. The molecule has 0 spiro atoms. The second kappa shape index (κ2) is 6.88. The van der Waals surface area contributed by atoms with Crippen LogP contribution in [0.25, 0.3) is 0 Å². The molecule has 0 saturated carbocycles. The van der Waals surface area contributed by atoms with Gasteiger partial charge in [0.15, 0.2) is 5.11 Å². The molecule has 20 heavy (non-hydrogen) atoms. The van der Waals surface area contributed by atoms with Crippen LogP contribution in [0.1, 0.15) is 0 Å². The van der Waals surface area contributed by atoms with Crippen molar-refractivity contribution in [3.05, 3.63) is 24.3 Å². The molecule has 1 saturated heterocycles. The highest BCUT2D eigenvalue weighted by Gasteiger charge is 2.14. The van der Waals surface area contributed by atoms with Gasteiger partial charge in [0, 0.05) is 51.6 Å². The normalized spacial score (nSPS) is 16.8. The summed E-state index contributed by atoms with van der Waals surface area (Å²) in [5, 5.41) is 6.01. The zero-order valence-corrected chi connectivity index (χ0v) is 13.2. The smallest absolute Gasteiger partial charge is 0.185 e. The minimum absolute atomic E-state index is 0.646. The Labute approximate surface area is 126 Å². The van der Waals surface area contributed by atoms with Crippen molar-refractivity contribution < 1.29 is 0 Å². The zero-order chi connectivity index (χ0) is 14.5. The van der Waals surface area contributed by atoms with Crippen molar-refractivity contribution in [3.63, 3.8) is 0 Å². The van der Waals surface area contributed by atoms with E-state index < -0.39 is 0 Å². The van der Waals surface area contributed by atoms with Crippen molar-refractivity contribution >= 4 is 28.7 Å². The van der Waals surface area contributed by atoms with Crippen LogP contribution in [-0.4, -0.2) is 62.3 Å². The molecule has 0 unspecified atom stereocenters. The molecule has 0 atom stereocenters. The van der Waals surface area contributed by atoms with E-state index in [0.29, 0.717) is 5.11 Å². The number of piperazine rings is 1. The summed E-state index contributed by atoms with van der Waals surface area (Å²) in [7, 11) is 6.20. The first-order chi connectivity index (χ1) is 9.54. The summed E-state index contributed by atoms with van der Waals surface area (Å²) in [4.78, 5) is 4.39. The average Bonchev–Trinajstić information content (AvgIpc) is 2.42. The summed E-state index contributed by atoms with van der Waals surface area (Å²) in [6.45, 7) is 4.09. The monoisotopic (exact) mass is 293 g/mol. The largest absolute Gasteiger partial charge is 0.378 e. The Hall–Kier alpha value is -1.37. The lowest BCUT2D eigenvalue weighted by atomic mass is 10.2. The first-order valence-electron chi connectivity index (χ1n) is 6.83. The third kappa shape index (κ3) is 4.33. The van der Waals surface area contributed by atoms with E-state index in [-0.39, 0.29) is 0 Å². The van der Waals surface area contributed by atoms with Crippen LogP contribution in [0.4, 0.5) is 11.4 Å². The molecule has 0 bridgehead atoms. The van der Waals surface area contributed by atoms with Gasteiger partial charge in [0.05, 0.1) is 0 Å². The fourth-order valence-corrected chi connectivity index (χ4v) is 2.31. The molecule has 2 rings (SSSR count). The topological polar surface area (TPSA) is 33.8 Å². The van der Waals surface area contributed by atoms with Crippen LogP contribution in [-0.2, 0) is 0 Å². The van der Waals surface area contributed by atoms with Crippen LogP contribution in [0.2, 0.25) is 0 Å². The van der Waals surface area contributed by atoms with Crippen molar-refractivity contribution in [2.24, 2.45) is 0 Å². The highest BCUT2D eigenvalue weighted by molar-refractivity contribution is 7.80. The van der Waals surface area contributed by atoms with Crippen molar-refractivity contribution in [1.82, 2.24) is 15.3 Å². The summed E-state index contributed by atoms with van der Waals surface area (Å²) in [6.07, 6.45) is 0. The van der Waals surface area contributed by atoms with Crippen molar-refractivity contribution in [2.75, 3.05) is 57.5 Å². The SMILES string of the molecule is CN1CCN(NC(=S)Nc2ccc(N(C)C)cc2)CC1. The third-order valence-corrected chi connectivity index (χ3v) is 3.60. The standard InChI is InChI=1S/C14H23N5S/c1-17(2)13-6-4-12(5-7-13)15-14(20)16-19-10-8-18(3)9-11-19/h4-7H,8-11H2,1-3H3,(H2,15,16,20). The third-order valence-electron chi connectivity index (χ3n) is 3.40. The first kappa shape index (κ1) is 15.0. The molecule has 2 N–H and O–H groups in total. The molecule has 1 heterocycles. The molecule has 0 amide bonds. The lowest BCUT2D eigenvalue weighted by Crippen LogP contribution is -2.53. The van der Waals surface area contributed by atoms with Gasteiger partial charge < -0.3 is 15.1 Å². The van der Waals surface area contributed by atoms with E-state index in [9.17, 15) is 0 Å². The van der Waals surface area contributed by atoms with Gasteiger partial charge in [0.25, 0.3) is 0 Å². The number of anilines is 2. The van der Waals surface area contributed by atoms with Gasteiger partial charge in [-0.05, 0) is 43.5 Å². The second-order valence-corrected chi connectivity index (χ2v) is 5.71. The number of rotatable bonds is 3. The Morgan fingerprint density at radius 1 is 1.10 bits per heavy atom. The summed E-state index contributed by atoms with van der Waals surface area (Å²) >= 11 is 5.34. The molecule has 5 nitrogen and oxygen atoms in total. The zero-order valence-electron chi connectivity index (χ0n) is 12.4. The van der Waals surface area contributed by atoms with Crippen LogP contribution in [0, 0.1) is 0 Å². The van der Waals surface area contributed by atoms with Crippen LogP contribution in [0.15, 0.2) is 24.3 Å². The van der Waals surface area contributed by atoms with Crippen molar-refractivity contribution in [1.29, 1.82) is 0 Å². The van der Waals surface area contributed by atoms with Crippen molar-refractivity contribution in [3.8, 4) is 0 Å². The Kier molecular flexibility index (Phi) is 5.17. The van der Waals surface area contributed by atoms with Crippen LogP contribution in [0.5, 0.6) is 0 Å². The number of hydrazine groups is 1. The minimum Gasteiger partial charge on any atom is -0.378 e. The van der Waals surface area contributed by atoms with E-state index in [2.05, 4.69) is 44.7 Å². The maximum Gasteiger partial charge on any atom is 0.185 e. The Morgan fingerprint density at radius 3 is 2.25 bits per heavy atom. The van der Waals surface area contributed by atoms with E-state index >= 15 is 0 Å². The van der Waals surface area contributed by atoms with Crippen LogP contribution in [0.3, 0.4) is 0 Å². The summed E-state index contributed by atoms with van der Waals surface area (Å²) < 4.78 is 0. The highest BCUT2D eigenvalue weighted by atomic mass is 32.1. The number of nitrogens with zero attached hydrogens (tertiary/aromatic N) is 3. The van der Waals surface area contributed by atoms with Gasteiger partial charge in [-0.2, -0.15) is 0 Å². The molecular weight excluding hydrogens is 270 g/mol. The van der Waals surface area contributed by atoms with Gasteiger partial charge in [-0.25, -0.2) is 5.01 Å². The number of hydrogen-bond donors (Lipinski definition) is 2. The number of thiocarbonyl (C=S) groups is 1. The summed E-state index contributed by atoms with van der Waals surface area (Å²) in [5.41, 5.74) is 5.42. The van der Waals surface area contributed by atoms with E-state index in [1.165, 1.54) is 5.69 Å². The molecule has 1 aliphatic heterocycles. The van der Waals surface area contributed by atoms with Gasteiger partial charge in [-0.3, -0.25) is 5.43 Å². The molecule has 6 heteroatoms. The molecular formula is C14H23N5S. The lowest BCUT2D eigenvalue weighted by molar-refractivity contribution is 0.131. The molecule has 110 valence electrons. The maximum atomic E-state index is 5.34. The van der Waals surface area contributed by atoms with E-state index in [4.69, 9.17) is 12.2 Å². The predicted octanol–water partition coefficient (Wildman–Crippen LogP) is 1.20. The quantitative estimate of drug-likeness (QED) is 0.815. The Morgan fingerprint density at radius 2 is 1.70 bits per heavy atom. The average molecular weight is 293 g/mol. The van der Waals surface area contributed by atoms with Gasteiger partial charge in [0.2, 0.25) is 0 Å². The lowest BCUT2D eigenvalue weighted by Gasteiger charge is -2.33. The maximum absolute atomic E-state index is 5.34. The van der Waals surface area contributed by atoms with Crippen molar-refractivity contribution in [2.45, 2.75) is 0 Å². The Bertz CT molecular complexity index is 437. The highest BCUT2D eigenvalue weighted by Crippen LogP contribution is 2.15. The predicted molar refractivity (Wildman–Crippen MR) is 89.2 cm³/mol. The second-order valence-electron chi connectivity index (χ2n) is 5.30. The molecule has 0 radical (unpaired) electrons. The molecule has 1 aromatic rings. The number of nitrogens with one attached hydrogen (secondary N) is 2. The van der Waals surface area contributed by atoms with Gasteiger partial charge >= 0.3 is 0 Å². The minimum atomic E-state index is 0.646. The van der Waals surface area contributed by atoms with Crippen LogP contribution < -0.4 is 15.6 Å². The van der Waals surface area contributed by atoms with Gasteiger partial charge in [-0.1, -0.05) is 0 Å². The fraction of sp³-hybridized carbons (Fsp3) is 0.500. The number of likely N-dealkylation sites (N-methyl/N-ethyl adjacent to an activating group) is 1. The van der Waals surface area contributed by atoms with E-state index in [1.807, 2.05) is 26.2 Å². The Balaban J connectivity index is 1.82. The summed E-state index contributed by atoms with van der Waals surface area (Å²) in [6, 6.07) is 8.21. The van der Waals surface area contributed by atoms with E-state index in [1.54, 1.807) is 0 Å². The molecule has 1 aromatic carbocycles. The van der Waals surface area contributed by atoms with E-state index in [0.717, 1.165) is 31.9 Å².